The van der Waals surface area contributed by atoms with Crippen molar-refractivity contribution < 1.29 is 14.8 Å². The van der Waals surface area contributed by atoms with Crippen LogP contribution in [0.4, 0.5) is 5.69 Å². The van der Waals surface area contributed by atoms with Crippen LogP contribution in [0.3, 0.4) is 0 Å². The summed E-state index contributed by atoms with van der Waals surface area (Å²) in [6.07, 6.45) is 3.37. The molecule has 5 nitrogen and oxygen atoms in total. The maximum atomic E-state index is 12.2. The lowest BCUT2D eigenvalue weighted by atomic mass is 10.1. The Labute approximate surface area is 128 Å². The number of rotatable bonds is 3. The zero-order valence-electron chi connectivity index (χ0n) is 12.0. The summed E-state index contributed by atoms with van der Waals surface area (Å²) >= 11 is 0. The predicted octanol–water partition coefficient (Wildman–Crippen LogP) is 0.411. The van der Waals surface area contributed by atoms with Gasteiger partial charge in [0, 0.05) is 6.07 Å². The van der Waals surface area contributed by atoms with Gasteiger partial charge >= 0.3 is 0 Å². The van der Waals surface area contributed by atoms with Gasteiger partial charge < -0.3 is 5.11 Å². The standard InChI is InChI=1S/C17H15N3O2/c1-20-11-15(14-4-2-3-5-16(14)20)17(22)19-18-10-12-6-8-13(21)9-7-12/h2-11,21H,1H3,(H,19,22)/b18-10+. The van der Waals surface area contributed by atoms with Crippen LogP contribution in [0, 0.1) is 0 Å². The Morgan fingerprint density at radius 3 is 2.68 bits per heavy atom. The Bertz CT molecular complexity index is 764. The summed E-state index contributed by atoms with van der Waals surface area (Å²) in [5.41, 5.74) is 5.88. The number of amides is 1. The fourth-order valence-corrected chi connectivity index (χ4v) is 2.40. The second-order valence-corrected chi connectivity index (χ2v) is 5.05. The highest BCUT2D eigenvalue weighted by atomic mass is 16.3. The molecule has 1 heterocycles. The molecule has 2 aromatic rings. The van der Waals surface area contributed by atoms with Gasteiger partial charge in [0.05, 0.1) is 18.8 Å². The maximum absolute atomic E-state index is 12.2. The molecule has 0 aromatic heterocycles. The summed E-state index contributed by atoms with van der Waals surface area (Å²) in [5, 5.41) is 14.9. The summed E-state index contributed by atoms with van der Waals surface area (Å²) in [5.74, 6) is -0.305. The van der Waals surface area contributed by atoms with Gasteiger partial charge in [-0.3, -0.25) is 9.69 Å². The second-order valence-electron chi connectivity index (χ2n) is 5.05. The SMILES string of the molecule is C[NH+]1C=C(C(=O)N/N=C/c2ccc([O-])cc2)c2ccccc21. The minimum absolute atomic E-state index is 0.0556. The fraction of sp³-hybridized carbons (Fsp3) is 0.0588. The summed E-state index contributed by atoms with van der Waals surface area (Å²) in [6, 6.07) is 14.0. The number of carbonyl (C=O) groups is 1. The van der Waals surface area contributed by atoms with Crippen molar-refractivity contribution in [2.24, 2.45) is 5.10 Å². The Hall–Kier alpha value is -2.92. The first kappa shape index (κ1) is 14.0. The molecule has 0 saturated heterocycles. The Kier molecular flexibility index (Phi) is 3.72. The van der Waals surface area contributed by atoms with E-state index in [1.807, 2.05) is 37.5 Å². The number of benzene rings is 2. The van der Waals surface area contributed by atoms with Gasteiger partial charge in [-0.05, 0) is 11.6 Å². The smallest absolute Gasteiger partial charge is 0.277 e. The molecule has 3 rings (SSSR count). The van der Waals surface area contributed by atoms with Gasteiger partial charge in [0.2, 0.25) is 0 Å². The molecule has 22 heavy (non-hydrogen) atoms. The first-order valence-corrected chi connectivity index (χ1v) is 6.90. The van der Waals surface area contributed by atoms with Crippen LogP contribution in [0.1, 0.15) is 11.1 Å². The normalized spacial score (nSPS) is 16.4. The largest absolute Gasteiger partial charge is 0.872 e. The number of quaternary nitrogens is 1. The molecule has 0 saturated carbocycles. The molecule has 1 atom stereocenters. The third kappa shape index (κ3) is 2.75. The highest BCUT2D eigenvalue weighted by molar-refractivity contribution is 6.21. The van der Waals surface area contributed by atoms with E-state index < -0.39 is 0 Å². The van der Waals surface area contributed by atoms with Crippen molar-refractivity contribution in [2.75, 3.05) is 7.05 Å². The van der Waals surface area contributed by atoms with Crippen LogP contribution in [0.15, 0.2) is 59.8 Å². The maximum Gasteiger partial charge on any atom is 0.277 e. The average Bonchev–Trinajstić information content (AvgIpc) is 2.87. The molecule has 110 valence electrons. The minimum Gasteiger partial charge on any atom is -0.872 e. The Morgan fingerprint density at radius 2 is 1.91 bits per heavy atom. The van der Waals surface area contributed by atoms with E-state index in [0.29, 0.717) is 5.57 Å². The number of hydrogen-bond donors (Lipinski definition) is 2. The van der Waals surface area contributed by atoms with Crippen LogP contribution in [0.5, 0.6) is 5.75 Å². The van der Waals surface area contributed by atoms with Crippen LogP contribution in [0.2, 0.25) is 0 Å². The van der Waals surface area contributed by atoms with Gasteiger partial charge in [-0.15, -0.1) is 5.75 Å². The predicted molar refractivity (Wildman–Crippen MR) is 82.6 cm³/mol. The van der Waals surface area contributed by atoms with Crippen molar-refractivity contribution in [3.8, 4) is 5.75 Å². The Balaban J connectivity index is 1.71. The third-order valence-corrected chi connectivity index (χ3v) is 3.51. The van der Waals surface area contributed by atoms with Crippen molar-refractivity contribution in [1.29, 1.82) is 0 Å². The number of hydrogen-bond acceptors (Lipinski definition) is 3. The minimum atomic E-state index is -0.249. The van der Waals surface area contributed by atoms with E-state index in [1.165, 1.54) is 18.3 Å². The molecule has 0 radical (unpaired) electrons. The van der Waals surface area contributed by atoms with Gasteiger partial charge in [-0.1, -0.05) is 36.4 Å². The zero-order chi connectivity index (χ0) is 15.5. The van der Waals surface area contributed by atoms with Crippen LogP contribution < -0.4 is 15.4 Å². The molecule has 1 aliphatic heterocycles. The van der Waals surface area contributed by atoms with E-state index in [9.17, 15) is 9.90 Å². The van der Waals surface area contributed by atoms with Crippen LogP contribution in [-0.2, 0) is 4.79 Å². The van der Waals surface area contributed by atoms with Crippen molar-refractivity contribution in [1.82, 2.24) is 5.43 Å². The number of fused-ring (bicyclic) bond motifs is 1. The lowest BCUT2D eigenvalue weighted by molar-refractivity contribution is -0.747. The highest BCUT2D eigenvalue weighted by Crippen LogP contribution is 2.24. The summed E-state index contributed by atoms with van der Waals surface area (Å²) in [6.45, 7) is 0. The molecule has 0 fully saturated rings. The van der Waals surface area contributed by atoms with E-state index in [2.05, 4.69) is 10.5 Å². The Morgan fingerprint density at radius 1 is 1.18 bits per heavy atom. The summed E-state index contributed by atoms with van der Waals surface area (Å²) in [4.78, 5) is 13.3. The molecule has 0 aliphatic carbocycles. The first-order chi connectivity index (χ1) is 10.6. The topological polar surface area (TPSA) is 69.0 Å². The van der Waals surface area contributed by atoms with E-state index >= 15 is 0 Å². The van der Waals surface area contributed by atoms with Crippen molar-refractivity contribution in [3.63, 3.8) is 0 Å². The quantitative estimate of drug-likeness (QED) is 0.636. The van der Waals surface area contributed by atoms with Crippen molar-refractivity contribution in [3.05, 3.63) is 65.9 Å². The monoisotopic (exact) mass is 293 g/mol. The average molecular weight is 293 g/mol. The number of hydrazone groups is 1. The third-order valence-electron chi connectivity index (χ3n) is 3.51. The molecule has 2 N–H and O–H groups in total. The fourth-order valence-electron chi connectivity index (χ4n) is 2.40. The van der Waals surface area contributed by atoms with Gasteiger partial charge in [-0.25, -0.2) is 5.43 Å². The van der Waals surface area contributed by atoms with E-state index in [-0.39, 0.29) is 11.7 Å². The van der Waals surface area contributed by atoms with Gasteiger partial charge in [0.25, 0.3) is 5.91 Å². The molecule has 5 heteroatoms. The summed E-state index contributed by atoms with van der Waals surface area (Å²) in [7, 11) is 1.98. The number of nitrogens with zero attached hydrogens (tertiary/aromatic N) is 1. The van der Waals surface area contributed by atoms with E-state index in [0.717, 1.165) is 21.7 Å². The molecule has 0 bridgehead atoms. The van der Waals surface area contributed by atoms with Crippen LogP contribution in [-0.4, -0.2) is 19.2 Å². The number of nitrogens with one attached hydrogen (secondary N) is 2. The highest BCUT2D eigenvalue weighted by Gasteiger charge is 2.27. The molecule has 0 spiro atoms. The molecule has 1 unspecified atom stereocenters. The van der Waals surface area contributed by atoms with Crippen molar-refractivity contribution in [2.45, 2.75) is 0 Å². The molecule has 1 aliphatic rings. The second kappa shape index (κ2) is 5.83. The molecular formula is C17H15N3O2. The van der Waals surface area contributed by atoms with Gasteiger partial charge in [0.15, 0.2) is 0 Å². The van der Waals surface area contributed by atoms with Crippen molar-refractivity contribution >= 4 is 23.4 Å². The number of carbonyl (C=O) groups excluding carboxylic acids is 1. The van der Waals surface area contributed by atoms with Gasteiger partial charge in [-0.2, -0.15) is 5.10 Å². The lowest BCUT2D eigenvalue weighted by Gasteiger charge is -2.03. The zero-order valence-corrected chi connectivity index (χ0v) is 12.0. The first-order valence-electron chi connectivity index (χ1n) is 6.90. The van der Waals surface area contributed by atoms with Gasteiger partial charge in [0.1, 0.15) is 17.5 Å². The number of para-hydroxylation sites is 1. The summed E-state index contributed by atoms with van der Waals surface area (Å²) < 4.78 is 0. The molecular weight excluding hydrogens is 278 g/mol. The lowest BCUT2D eigenvalue weighted by Crippen LogP contribution is -2.97. The van der Waals surface area contributed by atoms with Crippen LogP contribution in [0.25, 0.3) is 5.57 Å². The van der Waals surface area contributed by atoms with E-state index in [1.54, 1.807) is 12.1 Å². The molecule has 2 aromatic carbocycles. The van der Waals surface area contributed by atoms with E-state index in [4.69, 9.17) is 0 Å². The van der Waals surface area contributed by atoms with Crippen LogP contribution >= 0.6 is 0 Å². The molecule has 1 amide bonds.